The molecule has 0 aliphatic heterocycles. The molecule has 4 rings (SSSR count). The minimum absolute atomic E-state index is 0.189. The van der Waals surface area contributed by atoms with E-state index in [1.165, 1.54) is 6.20 Å². The molecule has 2 N–H and O–H groups in total. The van der Waals surface area contributed by atoms with E-state index < -0.39 is 0 Å². The Labute approximate surface area is 166 Å². The SMILES string of the molecule is Cn1c(-c2ccccc2Cl)nc2cc(C(=O)NCc3ccc(O)cc3)cnc21. The number of benzene rings is 2. The lowest BCUT2D eigenvalue weighted by Gasteiger charge is -2.06. The molecule has 2 heterocycles. The van der Waals surface area contributed by atoms with Crippen LogP contribution in [0, 0.1) is 0 Å². The van der Waals surface area contributed by atoms with Crippen LogP contribution in [0.15, 0.2) is 60.8 Å². The number of aryl methyl sites for hydroxylation is 1. The lowest BCUT2D eigenvalue weighted by molar-refractivity contribution is 0.0950. The van der Waals surface area contributed by atoms with Gasteiger partial charge in [0.05, 0.1) is 10.6 Å². The normalized spacial score (nSPS) is 10.9. The second kappa shape index (κ2) is 7.32. The summed E-state index contributed by atoms with van der Waals surface area (Å²) in [6, 6.07) is 15.9. The van der Waals surface area contributed by atoms with E-state index in [2.05, 4.69) is 15.3 Å². The maximum Gasteiger partial charge on any atom is 0.253 e. The van der Waals surface area contributed by atoms with Gasteiger partial charge in [-0.05, 0) is 35.9 Å². The summed E-state index contributed by atoms with van der Waals surface area (Å²) in [7, 11) is 1.87. The van der Waals surface area contributed by atoms with E-state index in [1.54, 1.807) is 30.3 Å². The largest absolute Gasteiger partial charge is 0.508 e. The zero-order valence-electron chi connectivity index (χ0n) is 15.1. The van der Waals surface area contributed by atoms with Crippen molar-refractivity contribution < 1.29 is 9.90 Å². The fourth-order valence-corrected chi connectivity index (χ4v) is 3.20. The van der Waals surface area contributed by atoms with Crippen LogP contribution in [0.1, 0.15) is 15.9 Å². The minimum Gasteiger partial charge on any atom is -0.508 e. The maximum absolute atomic E-state index is 12.5. The molecule has 0 saturated heterocycles. The van der Waals surface area contributed by atoms with E-state index in [4.69, 9.17) is 11.6 Å². The summed E-state index contributed by atoms with van der Waals surface area (Å²) in [6.45, 7) is 0.351. The number of hydrogen-bond donors (Lipinski definition) is 2. The van der Waals surface area contributed by atoms with E-state index in [0.29, 0.717) is 34.1 Å². The maximum atomic E-state index is 12.5. The number of fused-ring (bicyclic) bond motifs is 1. The number of pyridine rings is 1. The highest BCUT2D eigenvalue weighted by Crippen LogP contribution is 2.28. The van der Waals surface area contributed by atoms with Crippen molar-refractivity contribution in [3.63, 3.8) is 0 Å². The van der Waals surface area contributed by atoms with E-state index >= 15 is 0 Å². The average Bonchev–Trinajstić information content (AvgIpc) is 3.03. The van der Waals surface area contributed by atoms with Gasteiger partial charge >= 0.3 is 0 Å². The number of imidazole rings is 1. The number of aromatic hydroxyl groups is 1. The zero-order chi connectivity index (χ0) is 19.7. The second-order valence-corrected chi connectivity index (χ2v) is 6.80. The summed E-state index contributed by atoms with van der Waals surface area (Å²) < 4.78 is 1.86. The van der Waals surface area contributed by atoms with Crippen LogP contribution >= 0.6 is 11.6 Å². The number of rotatable bonds is 4. The zero-order valence-corrected chi connectivity index (χ0v) is 15.8. The molecular formula is C21H17ClN4O2. The molecule has 0 aliphatic rings. The molecule has 0 unspecified atom stereocenters. The van der Waals surface area contributed by atoms with Gasteiger partial charge < -0.3 is 15.0 Å². The fraction of sp³-hybridized carbons (Fsp3) is 0.0952. The number of hydrogen-bond acceptors (Lipinski definition) is 4. The van der Waals surface area contributed by atoms with Crippen LogP contribution < -0.4 is 5.32 Å². The van der Waals surface area contributed by atoms with Crippen LogP contribution in [0.5, 0.6) is 5.75 Å². The lowest BCUT2D eigenvalue weighted by atomic mass is 10.2. The van der Waals surface area contributed by atoms with Crippen molar-refractivity contribution >= 4 is 28.7 Å². The molecule has 140 valence electrons. The molecule has 0 radical (unpaired) electrons. The summed E-state index contributed by atoms with van der Waals surface area (Å²) in [5, 5.41) is 12.8. The van der Waals surface area contributed by atoms with Crippen molar-refractivity contribution in [1.29, 1.82) is 0 Å². The van der Waals surface area contributed by atoms with E-state index in [1.807, 2.05) is 35.9 Å². The van der Waals surface area contributed by atoms with Gasteiger partial charge in [0.25, 0.3) is 5.91 Å². The van der Waals surface area contributed by atoms with Gasteiger partial charge in [-0.2, -0.15) is 0 Å². The highest BCUT2D eigenvalue weighted by molar-refractivity contribution is 6.33. The van der Waals surface area contributed by atoms with Gasteiger partial charge in [-0.3, -0.25) is 4.79 Å². The molecule has 2 aromatic heterocycles. The number of nitrogens with zero attached hydrogens (tertiary/aromatic N) is 3. The molecule has 1 amide bonds. The third-order valence-electron chi connectivity index (χ3n) is 4.48. The molecule has 7 heteroatoms. The number of carbonyl (C=O) groups excluding carboxylic acids is 1. The number of carbonyl (C=O) groups is 1. The number of amides is 1. The monoisotopic (exact) mass is 392 g/mol. The number of halogens is 1. The van der Waals surface area contributed by atoms with Gasteiger partial charge in [0.15, 0.2) is 5.65 Å². The Balaban J connectivity index is 1.60. The summed E-state index contributed by atoms with van der Waals surface area (Å²) >= 11 is 6.30. The van der Waals surface area contributed by atoms with Crippen LogP contribution in [-0.2, 0) is 13.6 Å². The first-order valence-corrected chi connectivity index (χ1v) is 9.04. The summed E-state index contributed by atoms with van der Waals surface area (Å²) in [4.78, 5) is 21.5. The molecule has 0 saturated carbocycles. The van der Waals surface area contributed by atoms with Crippen molar-refractivity contribution in [2.45, 2.75) is 6.54 Å². The first-order chi connectivity index (χ1) is 13.5. The van der Waals surface area contributed by atoms with Crippen molar-refractivity contribution in [3.8, 4) is 17.1 Å². The van der Waals surface area contributed by atoms with Crippen LogP contribution in [0.4, 0.5) is 0 Å². The fourth-order valence-electron chi connectivity index (χ4n) is 2.98. The van der Waals surface area contributed by atoms with E-state index in [9.17, 15) is 9.90 Å². The predicted molar refractivity (Wildman–Crippen MR) is 108 cm³/mol. The first kappa shape index (κ1) is 18.0. The quantitative estimate of drug-likeness (QED) is 0.551. The van der Waals surface area contributed by atoms with Gasteiger partial charge in [0.2, 0.25) is 0 Å². The second-order valence-electron chi connectivity index (χ2n) is 6.39. The standard InChI is InChI=1S/C21H17ClN4O2/c1-26-19(16-4-2-3-5-17(16)22)25-18-10-14(12-23-20(18)26)21(28)24-11-13-6-8-15(27)9-7-13/h2-10,12,27H,11H2,1H3,(H,24,28). The third kappa shape index (κ3) is 3.42. The minimum atomic E-state index is -0.243. The van der Waals surface area contributed by atoms with E-state index in [0.717, 1.165) is 11.1 Å². The highest BCUT2D eigenvalue weighted by atomic mass is 35.5. The first-order valence-electron chi connectivity index (χ1n) is 8.66. The topological polar surface area (TPSA) is 80.0 Å². The molecule has 2 aromatic carbocycles. The predicted octanol–water partition coefficient (Wildman–Crippen LogP) is 3.92. The Morgan fingerprint density at radius 1 is 1.18 bits per heavy atom. The Bertz CT molecular complexity index is 1170. The highest BCUT2D eigenvalue weighted by Gasteiger charge is 2.15. The van der Waals surface area contributed by atoms with Gasteiger partial charge in [-0.1, -0.05) is 35.9 Å². The lowest BCUT2D eigenvalue weighted by Crippen LogP contribution is -2.22. The van der Waals surface area contributed by atoms with Gasteiger partial charge in [0, 0.05) is 25.4 Å². The summed E-state index contributed by atoms with van der Waals surface area (Å²) in [5.41, 5.74) is 3.41. The molecule has 6 nitrogen and oxygen atoms in total. The number of nitrogens with one attached hydrogen (secondary N) is 1. The molecule has 0 bridgehead atoms. The average molecular weight is 393 g/mol. The van der Waals surface area contributed by atoms with E-state index in [-0.39, 0.29) is 11.7 Å². The Kier molecular flexibility index (Phi) is 4.71. The van der Waals surface area contributed by atoms with Crippen LogP contribution in [-0.4, -0.2) is 25.5 Å². The van der Waals surface area contributed by atoms with Crippen LogP contribution in [0.2, 0.25) is 5.02 Å². The molecular weight excluding hydrogens is 376 g/mol. The van der Waals surface area contributed by atoms with Crippen molar-refractivity contribution in [3.05, 3.63) is 76.9 Å². The van der Waals surface area contributed by atoms with Crippen LogP contribution in [0.25, 0.3) is 22.6 Å². The Morgan fingerprint density at radius 2 is 1.93 bits per heavy atom. The van der Waals surface area contributed by atoms with Crippen molar-refractivity contribution in [2.75, 3.05) is 0 Å². The third-order valence-corrected chi connectivity index (χ3v) is 4.80. The molecule has 28 heavy (non-hydrogen) atoms. The Hall–Kier alpha value is -3.38. The number of aromatic nitrogens is 3. The molecule has 0 atom stereocenters. The van der Waals surface area contributed by atoms with Gasteiger partial charge in [-0.15, -0.1) is 0 Å². The Morgan fingerprint density at radius 3 is 2.68 bits per heavy atom. The van der Waals surface area contributed by atoms with Gasteiger partial charge in [-0.25, -0.2) is 9.97 Å². The molecule has 0 aliphatic carbocycles. The smallest absolute Gasteiger partial charge is 0.253 e. The molecule has 0 spiro atoms. The van der Waals surface area contributed by atoms with Crippen molar-refractivity contribution in [2.24, 2.45) is 7.05 Å². The summed E-state index contributed by atoms with van der Waals surface area (Å²) in [5.74, 6) is 0.636. The molecule has 4 aromatic rings. The number of phenols is 1. The van der Waals surface area contributed by atoms with Crippen molar-refractivity contribution in [1.82, 2.24) is 19.9 Å². The van der Waals surface area contributed by atoms with Gasteiger partial charge in [0.1, 0.15) is 17.1 Å². The van der Waals surface area contributed by atoms with Crippen LogP contribution in [0.3, 0.4) is 0 Å². The number of phenolic OH excluding ortho intramolecular Hbond substituents is 1. The molecule has 0 fully saturated rings. The summed E-state index contributed by atoms with van der Waals surface area (Å²) in [6.07, 6.45) is 1.53.